The first-order valence-corrected chi connectivity index (χ1v) is 8.55. The molecule has 0 atom stereocenters. The molecular weight excluding hydrogens is 314 g/mol. The van der Waals surface area contributed by atoms with Gasteiger partial charge in [-0.25, -0.2) is 4.79 Å². The number of benzene rings is 2. The van der Waals surface area contributed by atoms with Gasteiger partial charge < -0.3 is 15.4 Å². The topological polar surface area (TPSA) is 74.2 Å². The van der Waals surface area contributed by atoms with Crippen LogP contribution in [0.1, 0.15) is 29.5 Å². The number of nitrogens with one attached hydrogen (secondary N) is 2. The zero-order valence-electron chi connectivity index (χ0n) is 14.0. The van der Waals surface area contributed by atoms with E-state index in [0.717, 1.165) is 18.6 Å². The van der Waals surface area contributed by atoms with Gasteiger partial charge in [0.15, 0.2) is 0 Å². The van der Waals surface area contributed by atoms with Gasteiger partial charge >= 0.3 is 6.03 Å². The molecule has 25 heavy (non-hydrogen) atoms. The molecule has 0 saturated heterocycles. The van der Waals surface area contributed by atoms with E-state index in [1.165, 1.54) is 24.0 Å². The fourth-order valence-electron chi connectivity index (χ4n) is 3.06. The van der Waals surface area contributed by atoms with E-state index in [-0.39, 0.29) is 6.03 Å². The Balaban J connectivity index is 1.47. The Hall–Kier alpha value is -3.00. The van der Waals surface area contributed by atoms with E-state index < -0.39 is 0 Å². The van der Waals surface area contributed by atoms with Gasteiger partial charge in [-0.2, -0.15) is 5.26 Å². The number of hydrogen-bond acceptors (Lipinski definition) is 3. The molecule has 0 aliphatic heterocycles. The van der Waals surface area contributed by atoms with Crippen molar-refractivity contribution in [2.45, 2.75) is 25.7 Å². The molecule has 0 radical (unpaired) electrons. The van der Waals surface area contributed by atoms with Gasteiger partial charge in [-0.15, -0.1) is 0 Å². The maximum absolute atomic E-state index is 11.9. The summed E-state index contributed by atoms with van der Waals surface area (Å²) in [5, 5.41) is 14.5. The Kier molecular flexibility index (Phi) is 5.53. The van der Waals surface area contributed by atoms with Crippen LogP contribution in [0, 0.1) is 11.3 Å². The highest BCUT2D eigenvalue weighted by molar-refractivity contribution is 5.90. The third kappa shape index (κ3) is 4.30. The lowest BCUT2D eigenvalue weighted by molar-refractivity contribution is 0.247. The second-order valence-corrected chi connectivity index (χ2v) is 5.99. The van der Waals surface area contributed by atoms with Crippen LogP contribution in [0.15, 0.2) is 42.5 Å². The first-order chi connectivity index (χ1) is 12.3. The largest absolute Gasteiger partial charge is 0.491 e. The molecule has 0 bridgehead atoms. The first kappa shape index (κ1) is 16.8. The second-order valence-electron chi connectivity index (χ2n) is 5.99. The van der Waals surface area contributed by atoms with Crippen molar-refractivity contribution in [1.82, 2.24) is 5.32 Å². The van der Waals surface area contributed by atoms with Gasteiger partial charge in [0.05, 0.1) is 17.8 Å². The Bertz CT molecular complexity index is 796. The third-order valence-corrected chi connectivity index (χ3v) is 4.29. The highest BCUT2D eigenvalue weighted by Gasteiger charge is 2.13. The minimum absolute atomic E-state index is 0.346. The zero-order chi connectivity index (χ0) is 17.5. The molecule has 0 unspecified atom stereocenters. The number of carbonyl (C=O) groups excluding carboxylic acids is 1. The summed E-state index contributed by atoms with van der Waals surface area (Å²) >= 11 is 0. The van der Waals surface area contributed by atoms with Gasteiger partial charge in [-0.05, 0) is 55.0 Å². The fraction of sp³-hybridized carbons (Fsp3) is 0.300. The lowest BCUT2D eigenvalue weighted by Gasteiger charge is -2.19. The van der Waals surface area contributed by atoms with Gasteiger partial charge in [0.25, 0.3) is 0 Å². The van der Waals surface area contributed by atoms with E-state index in [1.54, 1.807) is 24.3 Å². The van der Waals surface area contributed by atoms with Crippen LogP contribution in [0.3, 0.4) is 0 Å². The van der Waals surface area contributed by atoms with Crippen molar-refractivity contribution < 1.29 is 9.53 Å². The molecule has 1 aliphatic rings. The van der Waals surface area contributed by atoms with Gasteiger partial charge in [-0.3, -0.25) is 0 Å². The first-order valence-electron chi connectivity index (χ1n) is 8.55. The Labute approximate surface area is 147 Å². The number of para-hydroxylation sites is 1. The Morgan fingerprint density at radius 1 is 1.12 bits per heavy atom. The van der Waals surface area contributed by atoms with Crippen LogP contribution in [0.4, 0.5) is 10.5 Å². The molecule has 5 heteroatoms. The summed E-state index contributed by atoms with van der Waals surface area (Å²) in [5.74, 6) is 0.925. The SMILES string of the molecule is N#Cc1ccccc1NC(=O)NCCOc1cccc2c1CCCC2. The Morgan fingerprint density at radius 3 is 2.84 bits per heavy atom. The number of hydrogen-bond donors (Lipinski definition) is 2. The third-order valence-electron chi connectivity index (χ3n) is 4.29. The average molecular weight is 335 g/mol. The second kappa shape index (κ2) is 8.20. The normalized spacial score (nSPS) is 12.6. The van der Waals surface area contributed by atoms with Crippen LogP contribution in [0.5, 0.6) is 5.75 Å². The number of nitriles is 1. The van der Waals surface area contributed by atoms with Crippen LogP contribution in [-0.2, 0) is 12.8 Å². The molecule has 128 valence electrons. The molecular formula is C20H21N3O2. The highest BCUT2D eigenvalue weighted by atomic mass is 16.5. The number of amides is 2. The number of urea groups is 1. The van der Waals surface area contributed by atoms with E-state index in [9.17, 15) is 4.79 Å². The summed E-state index contributed by atoms with van der Waals surface area (Å²) < 4.78 is 5.86. The maximum atomic E-state index is 11.9. The molecule has 0 spiro atoms. The van der Waals surface area contributed by atoms with Crippen LogP contribution in [-0.4, -0.2) is 19.2 Å². The molecule has 0 heterocycles. The van der Waals surface area contributed by atoms with Crippen molar-refractivity contribution in [3.8, 4) is 11.8 Å². The van der Waals surface area contributed by atoms with E-state index in [0.29, 0.717) is 24.4 Å². The fourth-order valence-corrected chi connectivity index (χ4v) is 3.06. The number of nitrogens with zero attached hydrogens (tertiary/aromatic N) is 1. The van der Waals surface area contributed by atoms with E-state index >= 15 is 0 Å². The smallest absolute Gasteiger partial charge is 0.319 e. The van der Waals surface area contributed by atoms with Crippen LogP contribution >= 0.6 is 0 Å². The minimum atomic E-state index is -0.346. The molecule has 0 fully saturated rings. The average Bonchev–Trinajstić information content (AvgIpc) is 2.66. The Morgan fingerprint density at radius 2 is 1.96 bits per heavy atom. The molecule has 2 N–H and O–H groups in total. The van der Waals surface area contributed by atoms with Gasteiger partial charge in [0.2, 0.25) is 0 Å². The van der Waals surface area contributed by atoms with Crippen LogP contribution in [0.25, 0.3) is 0 Å². The van der Waals surface area contributed by atoms with Crippen LogP contribution < -0.4 is 15.4 Å². The van der Waals surface area contributed by atoms with Crippen molar-refractivity contribution in [2.75, 3.05) is 18.5 Å². The zero-order valence-corrected chi connectivity index (χ0v) is 14.0. The standard InChI is InChI=1S/C20H21N3O2/c21-14-16-7-2-4-10-18(16)23-20(24)22-12-13-25-19-11-5-8-15-6-1-3-9-17(15)19/h2,4-5,7-8,10-11H,1,3,6,9,12-13H2,(H2,22,23,24). The summed E-state index contributed by atoms with van der Waals surface area (Å²) in [4.78, 5) is 11.9. The minimum Gasteiger partial charge on any atom is -0.491 e. The predicted molar refractivity (Wildman–Crippen MR) is 96.8 cm³/mol. The number of carbonyl (C=O) groups is 1. The summed E-state index contributed by atoms with van der Waals surface area (Å²) in [6.45, 7) is 0.800. The lowest BCUT2D eigenvalue weighted by atomic mass is 9.91. The van der Waals surface area contributed by atoms with E-state index in [4.69, 9.17) is 10.00 Å². The number of anilines is 1. The molecule has 0 saturated carbocycles. The van der Waals surface area contributed by atoms with Gasteiger partial charge in [-0.1, -0.05) is 24.3 Å². The van der Waals surface area contributed by atoms with Gasteiger partial charge in [0, 0.05) is 0 Å². The van der Waals surface area contributed by atoms with Crippen molar-refractivity contribution in [2.24, 2.45) is 0 Å². The van der Waals surface area contributed by atoms with Crippen LogP contribution in [0.2, 0.25) is 0 Å². The molecule has 2 aromatic rings. The van der Waals surface area contributed by atoms with Gasteiger partial charge in [0.1, 0.15) is 18.4 Å². The molecule has 0 aromatic heterocycles. The highest BCUT2D eigenvalue weighted by Crippen LogP contribution is 2.29. The number of ether oxygens (including phenoxy) is 1. The summed E-state index contributed by atoms with van der Waals surface area (Å²) in [7, 11) is 0. The van der Waals surface area contributed by atoms with Crippen molar-refractivity contribution in [1.29, 1.82) is 5.26 Å². The number of fused-ring (bicyclic) bond motifs is 1. The number of aryl methyl sites for hydroxylation is 1. The quantitative estimate of drug-likeness (QED) is 0.819. The molecule has 5 nitrogen and oxygen atoms in total. The molecule has 2 aromatic carbocycles. The summed E-state index contributed by atoms with van der Waals surface area (Å²) in [6, 6.07) is 14.8. The van der Waals surface area contributed by atoms with Crippen molar-refractivity contribution >= 4 is 11.7 Å². The maximum Gasteiger partial charge on any atom is 0.319 e. The molecule has 3 rings (SSSR count). The molecule has 2 amide bonds. The number of rotatable bonds is 5. The predicted octanol–water partition coefficient (Wildman–Crippen LogP) is 3.64. The molecule has 1 aliphatic carbocycles. The lowest BCUT2D eigenvalue weighted by Crippen LogP contribution is -2.32. The van der Waals surface area contributed by atoms with E-state index in [2.05, 4.69) is 22.8 Å². The van der Waals surface area contributed by atoms with Crippen molar-refractivity contribution in [3.63, 3.8) is 0 Å². The monoisotopic (exact) mass is 335 g/mol. The summed E-state index contributed by atoms with van der Waals surface area (Å²) in [5.41, 5.74) is 3.62. The summed E-state index contributed by atoms with van der Waals surface area (Å²) in [6.07, 6.45) is 4.62. The van der Waals surface area contributed by atoms with Crippen molar-refractivity contribution in [3.05, 3.63) is 59.2 Å². The van der Waals surface area contributed by atoms with E-state index in [1.807, 2.05) is 12.1 Å².